The fourth-order valence-corrected chi connectivity index (χ4v) is 4.37. The predicted molar refractivity (Wildman–Crippen MR) is 147 cm³/mol. The Hall–Kier alpha value is -3.45. The van der Waals surface area contributed by atoms with Crippen molar-refractivity contribution in [2.45, 2.75) is 46.4 Å². The van der Waals surface area contributed by atoms with Crippen molar-refractivity contribution in [1.29, 1.82) is 0 Å². The number of aliphatic hydroxyl groups is 1. The van der Waals surface area contributed by atoms with Gasteiger partial charge >= 0.3 is 0 Å². The second-order valence-electron chi connectivity index (χ2n) is 9.42. The summed E-state index contributed by atoms with van der Waals surface area (Å²) in [5, 5.41) is 15.6. The van der Waals surface area contributed by atoms with Crippen LogP contribution >= 0.6 is 0 Å². The van der Waals surface area contributed by atoms with E-state index in [4.69, 9.17) is 14.6 Å². The third kappa shape index (κ3) is 7.52. The molecule has 3 aromatic carbocycles. The molecule has 0 bridgehead atoms. The summed E-state index contributed by atoms with van der Waals surface area (Å²) < 4.78 is 14.1. The molecular formula is C31H37N3O3. The Morgan fingerprint density at radius 3 is 2.38 bits per heavy atom. The highest BCUT2D eigenvalue weighted by Crippen LogP contribution is 2.32. The number of nitrogens with zero attached hydrogens (tertiary/aromatic N) is 3. The number of rotatable bonds is 13. The molecule has 0 spiro atoms. The lowest BCUT2D eigenvalue weighted by Gasteiger charge is -2.25. The van der Waals surface area contributed by atoms with Crippen molar-refractivity contribution in [1.82, 2.24) is 14.7 Å². The van der Waals surface area contributed by atoms with E-state index in [-0.39, 0.29) is 6.61 Å². The van der Waals surface area contributed by atoms with Gasteiger partial charge in [0.05, 0.1) is 36.3 Å². The number of aliphatic hydroxyl groups excluding tert-OH is 1. The first-order valence-electron chi connectivity index (χ1n) is 12.9. The van der Waals surface area contributed by atoms with E-state index in [9.17, 15) is 5.11 Å². The average molecular weight is 500 g/mol. The first kappa shape index (κ1) is 26.6. The van der Waals surface area contributed by atoms with Gasteiger partial charge in [-0.3, -0.25) is 4.90 Å². The second kappa shape index (κ2) is 13.2. The highest BCUT2D eigenvalue weighted by molar-refractivity contribution is 5.43. The molecule has 37 heavy (non-hydrogen) atoms. The van der Waals surface area contributed by atoms with Gasteiger partial charge in [0.1, 0.15) is 5.75 Å². The molecule has 0 saturated heterocycles. The van der Waals surface area contributed by atoms with E-state index in [1.165, 1.54) is 0 Å². The molecule has 1 heterocycles. The molecule has 0 fully saturated rings. The lowest BCUT2D eigenvalue weighted by Crippen LogP contribution is -2.35. The van der Waals surface area contributed by atoms with Crippen LogP contribution in [0.4, 0.5) is 0 Å². The van der Waals surface area contributed by atoms with Crippen molar-refractivity contribution in [3.05, 3.63) is 107 Å². The molecule has 0 radical (unpaired) electrons. The normalized spacial score (nSPS) is 12.1. The van der Waals surface area contributed by atoms with Gasteiger partial charge in [0.2, 0.25) is 5.88 Å². The van der Waals surface area contributed by atoms with Crippen LogP contribution in [0.1, 0.15) is 35.7 Å². The topological polar surface area (TPSA) is 59.8 Å². The number of aromatic nitrogens is 2. The highest BCUT2D eigenvalue weighted by Gasteiger charge is 2.22. The van der Waals surface area contributed by atoms with Gasteiger partial charge in [-0.2, -0.15) is 5.10 Å². The average Bonchev–Trinajstić information content (AvgIpc) is 3.20. The van der Waals surface area contributed by atoms with Crippen molar-refractivity contribution in [3.63, 3.8) is 0 Å². The molecule has 194 valence electrons. The van der Waals surface area contributed by atoms with E-state index in [2.05, 4.69) is 24.8 Å². The van der Waals surface area contributed by atoms with Crippen molar-refractivity contribution >= 4 is 0 Å². The van der Waals surface area contributed by atoms with E-state index in [0.717, 1.165) is 46.8 Å². The predicted octanol–water partition coefficient (Wildman–Crippen LogP) is 6.07. The van der Waals surface area contributed by atoms with E-state index in [1.807, 2.05) is 90.5 Å². The fourth-order valence-electron chi connectivity index (χ4n) is 4.37. The Bertz CT molecular complexity index is 1240. The SMILES string of the molecule is CCCN(Cc1c(C)nn(-c2ccccc2)c1Oc1cccc(C)c1)CC(O)COCc1ccccc1. The first-order chi connectivity index (χ1) is 18.0. The zero-order chi connectivity index (χ0) is 26.0. The molecule has 1 N–H and O–H groups in total. The third-order valence-electron chi connectivity index (χ3n) is 6.15. The van der Waals surface area contributed by atoms with Crippen LogP contribution in [0.5, 0.6) is 11.6 Å². The minimum absolute atomic E-state index is 0.282. The van der Waals surface area contributed by atoms with E-state index >= 15 is 0 Å². The van der Waals surface area contributed by atoms with Crippen LogP contribution in [-0.2, 0) is 17.9 Å². The molecule has 0 aliphatic rings. The van der Waals surface area contributed by atoms with Gasteiger partial charge in [0.25, 0.3) is 0 Å². The van der Waals surface area contributed by atoms with Gasteiger partial charge in [-0.25, -0.2) is 4.68 Å². The monoisotopic (exact) mass is 499 g/mol. The minimum Gasteiger partial charge on any atom is -0.439 e. The summed E-state index contributed by atoms with van der Waals surface area (Å²) in [6.07, 6.45) is 0.373. The molecular weight excluding hydrogens is 462 g/mol. The maximum absolute atomic E-state index is 10.8. The van der Waals surface area contributed by atoms with Gasteiger partial charge in [0, 0.05) is 13.1 Å². The maximum atomic E-state index is 10.8. The Labute approximate surface area is 220 Å². The fraction of sp³-hybridized carbons (Fsp3) is 0.323. The van der Waals surface area contributed by atoms with Crippen molar-refractivity contribution < 1.29 is 14.6 Å². The molecule has 4 aromatic rings. The molecule has 0 aliphatic heterocycles. The molecule has 1 unspecified atom stereocenters. The molecule has 6 nitrogen and oxygen atoms in total. The number of aryl methyl sites for hydroxylation is 2. The molecule has 0 aliphatic carbocycles. The third-order valence-corrected chi connectivity index (χ3v) is 6.15. The molecule has 0 amide bonds. The number of hydrogen-bond acceptors (Lipinski definition) is 5. The molecule has 1 atom stereocenters. The Morgan fingerprint density at radius 1 is 0.946 bits per heavy atom. The zero-order valence-corrected chi connectivity index (χ0v) is 22.0. The highest BCUT2D eigenvalue weighted by atomic mass is 16.5. The van der Waals surface area contributed by atoms with Crippen molar-refractivity contribution in [3.8, 4) is 17.3 Å². The smallest absolute Gasteiger partial charge is 0.227 e. The van der Waals surface area contributed by atoms with Crippen LogP contribution in [0.15, 0.2) is 84.9 Å². The number of benzene rings is 3. The molecule has 4 rings (SSSR count). The van der Waals surface area contributed by atoms with Crippen LogP contribution in [-0.4, -0.2) is 45.6 Å². The minimum atomic E-state index is -0.596. The molecule has 0 saturated carbocycles. The Balaban J connectivity index is 1.52. The number of para-hydroxylation sites is 1. The summed E-state index contributed by atoms with van der Waals surface area (Å²) in [4.78, 5) is 2.25. The van der Waals surface area contributed by atoms with Crippen molar-refractivity contribution in [2.24, 2.45) is 0 Å². The van der Waals surface area contributed by atoms with Crippen LogP contribution in [0.2, 0.25) is 0 Å². The Morgan fingerprint density at radius 2 is 1.68 bits per heavy atom. The summed E-state index contributed by atoms with van der Waals surface area (Å²) in [7, 11) is 0. The van der Waals surface area contributed by atoms with Crippen molar-refractivity contribution in [2.75, 3.05) is 19.7 Å². The summed E-state index contributed by atoms with van der Waals surface area (Å²) in [5.74, 6) is 1.47. The summed E-state index contributed by atoms with van der Waals surface area (Å²) in [5.41, 5.74) is 5.09. The summed E-state index contributed by atoms with van der Waals surface area (Å²) in [6, 6.07) is 28.1. The maximum Gasteiger partial charge on any atom is 0.227 e. The van der Waals surface area contributed by atoms with Gasteiger partial charge < -0.3 is 14.6 Å². The van der Waals surface area contributed by atoms with Crippen LogP contribution in [0.3, 0.4) is 0 Å². The largest absolute Gasteiger partial charge is 0.439 e. The van der Waals surface area contributed by atoms with Crippen LogP contribution in [0.25, 0.3) is 5.69 Å². The quantitative estimate of drug-likeness (QED) is 0.242. The summed E-state index contributed by atoms with van der Waals surface area (Å²) in [6.45, 7) is 8.95. The van der Waals surface area contributed by atoms with Crippen LogP contribution in [0, 0.1) is 13.8 Å². The number of ether oxygens (including phenoxy) is 2. The van der Waals surface area contributed by atoms with Crippen LogP contribution < -0.4 is 4.74 Å². The Kier molecular flexibility index (Phi) is 9.49. The molecule has 1 aromatic heterocycles. The van der Waals surface area contributed by atoms with Gasteiger partial charge in [-0.05, 0) is 62.2 Å². The van der Waals surface area contributed by atoms with E-state index in [0.29, 0.717) is 25.6 Å². The van der Waals surface area contributed by atoms with Gasteiger partial charge in [-0.15, -0.1) is 0 Å². The van der Waals surface area contributed by atoms with Gasteiger partial charge in [0.15, 0.2) is 0 Å². The van der Waals surface area contributed by atoms with E-state index in [1.54, 1.807) is 0 Å². The molecule has 6 heteroatoms. The van der Waals surface area contributed by atoms with E-state index < -0.39 is 6.10 Å². The standard InChI is InChI=1S/C31H37N3O3/c1-4-18-33(20-28(35)23-36-22-26-13-7-5-8-14-26)21-30-25(3)32-34(27-15-9-6-10-16-27)31(30)37-29-17-11-12-24(2)19-29/h5-17,19,28,35H,4,18,20-23H2,1-3H3. The first-order valence-corrected chi connectivity index (χ1v) is 12.9. The summed E-state index contributed by atoms with van der Waals surface area (Å²) >= 11 is 0. The van der Waals surface area contributed by atoms with Gasteiger partial charge in [-0.1, -0.05) is 67.6 Å². The lowest BCUT2D eigenvalue weighted by atomic mass is 10.2. The number of hydrogen-bond donors (Lipinski definition) is 1. The lowest BCUT2D eigenvalue weighted by molar-refractivity contribution is 0.00845. The zero-order valence-electron chi connectivity index (χ0n) is 22.0. The second-order valence-corrected chi connectivity index (χ2v) is 9.42.